The zero-order chi connectivity index (χ0) is 14.6. The van der Waals surface area contributed by atoms with Gasteiger partial charge in [-0.05, 0) is 24.9 Å². The van der Waals surface area contributed by atoms with Crippen LogP contribution in [0.4, 0.5) is 5.00 Å². The summed E-state index contributed by atoms with van der Waals surface area (Å²) in [6.45, 7) is 7.41. The normalized spacial score (nSPS) is 11.4. The first-order valence-electron chi connectivity index (χ1n) is 6.04. The van der Waals surface area contributed by atoms with Crippen molar-refractivity contribution >= 4 is 22.2 Å². The highest BCUT2D eigenvalue weighted by atomic mass is 32.1. The fourth-order valence-electron chi connectivity index (χ4n) is 1.61. The smallest absolute Gasteiger partial charge is 0.324 e. The van der Waals surface area contributed by atoms with Gasteiger partial charge in [0, 0.05) is 19.2 Å². The maximum atomic E-state index is 12.3. The summed E-state index contributed by atoms with van der Waals surface area (Å²) in [7, 11) is 0. The lowest BCUT2D eigenvalue weighted by molar-refractivity contribution is -0.380. The SMILES string of the molecule is CCN(CC(C)(C)CN)C(=O)c1ccc([N+](=O)[O-])s1. The molecule has 0 bridgehead atoms. The number of nitrogens with zero attached hydrogens (tertiary/aromatic N) is 2. The van der Waals surface area contributed by atoms with Crippen LogP contribution in [-0.2, 0) is 0 Å². The summed E-state index contributed by atoms with van der Waals surface area (Å²) in [5, 5.41) is 10.6. The Bertz CT molecular complexity index is 471. The number of carbonyl (C=O) groups excluding carboxylic acids is 1. The molecule has 1 amide bonds. The van der Waals surface area contributed by atoms with Crippen LogP contribution in [0.25, 0.3) is 0 Å². The fraction of sp³-hybridized carbons (Fsp3) is 0.583. The maximum Gasteiger partial charge on any atom is 0.324 e. The second-order valence-electron chi connectivity index (χ2n) is 5.08. The van der Waals surface area contributed by atoms with Crippen LogP contribution in [0, 0.1) is 15.5 Å². The van der Waals surface area contributed by atoms with Gasteiger partial charge in [0.2, 0.25) is 0 Å². The van der Waals surface area contributed by atoms with Crippen LogP contribution in [0.2, 0.25) is 0 Å². The molecule has 0 aliphatic rings. The van der Waals surface area contributed by atoms with Crippen LogP contribution >= 0.6 is 11.3 Å². The van der Waals surface area contributed by atoms with E-state index in [2.05, 4.69) is 0 Å². The molecule has 0 saturated heterocycles. The van der Waals surface area contributed by atoms with E-state index >= 15 is 0 Å². The molecule has 1 heterocycles. The summed E-state index contributed by atoms with van der Waals surface area (Å²) in [5.74, 6) is -0.179. The molecular weight excluding hydrogens is 266 g/mol. The maximum absolute atomic E-state index is 12.3. The third-order valence-electron chi connectivity index (χ3n) is 2.82. The minimum absolute atomic E-state index is 0.0162. The van der Waals surface area contributed by atoms with Crippen LogP contribution in [0.1, 0.15) is 30.4 Å². The summed E-state index contributed by atoms with van der Waals surface area (Å²) >= 11 is 0.905. The molecule has 0 unspecified atom stereocenters. The second kappa shape index (κ2) is 6.12. The average molecular weight is 285 g/mol. The van der Waals surface area contributed by atoms with Crippen molar-refractivity contribution in [1.82, 2.24) is 4.90 Å². The van der Waals surface area contributed by atoms with Crippen molar-refractivity contribution in [3.63, 3.8) is 0 Å². The lowest BCUT2D eigenvalue weighted by Gasteiger charge is -2.30. The van der Waals surface area contributed by atoms with E-state index in [0.29, 0.717) is 24.5 Å². The van der Waals surface area contributed by atoms with Crippen LogP contribution in [-0.4, -0.2) is 35.4 Å². The minimum Gasteiger partial charge on any atom is -0.338 e. The van der Waals surface area contributed by atoms with Crippen LogP contribution in [0.15, 0.2) is 12.1 Å². The number of hydrogen-bond donors (Lipinski definition) is 1. The first-order chi connectivity index (χ1) is 8.80. The first kappa shape index (κ1) is 15.6. The summed E-state index contributed by atoms with van der Waals surface area (Å²) in [6.07, 6.45) is 0. The predicted octanol–water partition coefficient (Wildman–Crippen LogP) is 2.10. The number of thiophene rings is 1. The molecule has 0 radical (unpaired) electrons. The topological polar surface area (TPSA) is 89.5 Å². The van der Waals surface area contributed by atoms with Crippen molar-refractivity contribution in [3.05, 3.63) is 27.1 Å². The Labute approximate surface area is 116 Å². The molecule has 0 fully saturated rings. The molecule has 7 heteroatoms. The van der Waals surface area contributed by atoms with Gasteiger partial charge >= 0.3 is 5.00 Å². The van der Waals surface area contributed by atoms with Gasteiger partial charge in [-0.1, -0.05) is 25.2 Å². The van der Waals surface area contributed by atoms with Crippen molar-refractivity contribution < 1.29 is 9.72 Å². The Morgan fingerprint density at radius 1 is 1.53 bits per heavy atom. The van der Waals surface area contributed by atoms with Gasteiger partial charge < -0.3 is 10.6 Å². The van der Waals surface area contributed by atoms with Crippen molar-refractivity contribution in [3.8, 4) is 0 Å². The van der Waals surface area contributed by atoms with Crippen molar-refractivity contribution in [2.45, 2.75) is 20.8 Å². The first-order valence-corrected chi connectivity index (χ1v) is 6.86. The van der Waals surface area contributed by atoms with Gasteiger partial charge in [0.15, 0.2) is 0 Å². The molecule has 1 aromatic heterocycles. The van der Waals surface area contributed by atoms with E-state index in [4.69, 9.17) is 5.73 Å². The van der Waals surface area contributed by atoms with Crippen LogP contribution < -0.4 is 5.73 Å². The van der Waals surface area contributed by atoms with E-state index in [1.54, 1.807) is 4.90 Å². The Balaban J connectivity index is 2.86. The zero-order valence-electron chi connectivity index (χ0n) is 11.4. The molecule has 0 atom stereocenters. The number of hydrogen-bond acceptors (Lipinski definition) is 5. The number of nitro groups is 1. The van der Waals surface area contributed by atoms with Gasteiger partial charge in [0.25, 0.3) is 5.91 Å². The zero-order valence-corrected chi connectivity index (χ0v) is 12.2. The van der Waals surface area contributed by atoms with Gasteiger partial charge in [0.05, 0.1) is 9.80 Å². The number of rotatable bonds is 6. The second-order valence-corrected chi connectivity index (χ2v) is 6.14. The highest BCUT2D eigenvalue weighted by Crippen LogP contribution is 2.26. The molecule has 2 N–H and O–H groups in total. The molecule has 6 nitrogen and oxygen atoms in total. The van der Waals surface area contributed by atoms with E-state index in [1.165, 1.54) is 12.1 Å². The summed E-state index contributed by atoms with van der Waals surface area (Å²) in [6, 6.07) is 2.86. The molecule has 0 aliphatic carbocycles. The monoisotopic (exact) mass is 285 g/mol. The van der Waals surface area contributed by atoms with E-state index < -0.39 is 4.92 Å². The molecule has 106 valence electrons. The lowest BCUT2D eigenvalue weighted by Crippen LogP contribution is -2.41. The van der Waals surface area contributed by atoms with Gasteiger partial charge in [0.1, 0.15) is 0 Å². The molecule has 19 heavy (non-hydrogen) atoms. The van der Waals surface area contributed by atoms with Crippen LogP contribution in [0.3, 0.4) is 0 Å². The van der Waals surface area contributed by atoms with E-state index in [0.717, 1.165) is 11.3 Å². The van der Waals surface area contributed by atoms with E-state index in [-0.39, 0.29) is 16.3 Å². The minimum atomic E-state index is -0.485. The quantitative estimate of drug-likeness (QED) is 0.640. The molecule has 0 spiro atoms. The van der Waals surface area contributed by atoms with Crippen molar-refractivity contribution in [2.24, 2.45) is 11.1 Å². The summed E-state index contributed by atoms with van der Waals surface area (Å²) in [5.41, 5.74) is 5.50. The molecule has 1 rings (SSSR count). The van der Waals surface area contributed by atoms with Crippen molar-refractivity contribution in [2.75, 3.05) is 19.6 Å². The lowest BCUT2D eigenvalue weighted by atomic mass is 9.93. The Morgan fingerprint density at radius 2 is 2.16 bits per heavy atom. The Hall–Kier alpha value is -1.47. The fourth-order valence-corrected chi connectivity index (χ4v) is 2.39. The Kier molecular flexibility index (Phi) is 5.02. The predicted molar refractivity (Wildman–Crippen MR) is 75.4 cm³/mol. The third kappa shape index (κ3) is 4.00. The average Bonchev–Trinajstić information content (AvgIpc) is 2.85. The highest BCUT2D eigenvalue weighted by molar-refractivity contribution is 7.17. The third-order valence-corrected chi connectivity index (χ3v) is 3.85. The van der Waals surface area contributed by atoms with Gasteiger partial charge in [-0.15, -0.1) is 0 Å². The molecule has 0 saturated carbocycles. The summed E-state index contributed by atoms with van der Waals surface area (Å²) < 4.78 is 0. The standard InChI is InChI=1S/C12H19N3O3S/c1-4-14(8-12(2,3)7-13)11(16)9-5-6-10(19-9)15(17)18/h5-6H,4,7-8,13H2,1-3H3. The highest BCUT2D eigenvalue weighted by Gasteiger charge is 2.25. The van der Waals surface area contributed by atoms with Gasteiger partial charge in [-0.3, -0.25) is 14.9 Å². The number of amides is 1. The van der Waals surface area contributed by atoms with Gasteiger partial charge in [-0.25, -0.2) is 0 Å². The summed E-state index contributed by atoms with van der Waals surface area (Å²) in [4.78, 5) is 24.5. The van der Waals surface area contributed by atoms with Crippen molar-refractivity contribution in [1.29, 1.82) is 0 Å². The molecular formula is C12H19N3O3S. The number of carbonyl (C=O) groups is 1. The van der Waals surface area contributed by atoms with Crippen LogP contribution in [0.5, 0.6) is 0 Å². The van der Waals surface area contributed by atoms with E-state index in [1.807, 2.05) is 20.8 Å². The van der Waals surface area contributed by atoms with E-state index in [9.17, 15) is 14.9 Å². The number of nitrogens with two attached hydrogens (primary N) is 1. The molecule has 1 aromatic rings. The molecule has 0 aromatic carbocycles. The Morgan fingerprint density at radius 3 is 2.58 bits per heavy atom. The largest absolute Gasteiger partial charge is 0.338 e. The van der Waals surface area contributed by atoms with Gasteiger partial charge in [-0.2, -0.15) is 0 Å². The molecule has 0 aliphatic heterocycles.